The quantitative estimate of drug-likeness (QED) is 0.179. The van der Waals surface area contributed by atoms with Crippen molar-refractivity contribution in [3.63, 3.8) is 0 Å². The molecule has 0 heterocycles. The molecule has 1 fully saturated rings. The van der Waals surface area contributed by atoms with Crippen molar-refractivity contribution in [3.8, 4) is 11.5 Å². The Morgan fingerprint density at radius 2 is 1.68 bits per heavy atom. The molecule has 2 amide bonds. The topological polar surface area (TPSA) is 99.7 Å². The summed E-state index contributed by atoms with van der Waals surface area (Å²) in [7, 11) is 0. The molecule has 40 heavy (non-hydrogen) atoms. The van der Waals surface area contributed by atoms with Crippen molar-refractivity contribution in [1.82, 2.24) is 16.0 Å². The van der Waals surface area contributed by atoms with E-state index in [2.05, 4.69) is 28.6 Å². The summed E-state index contributed by atoms with van der Waals surface area (Å²) in [4.78, 5) is 26.3. The van der Waals surface area contributed by atoms with Gasteiger partial charge in [-0.3, -0.25) is 9.59 Å². The van der Waals surface area contributed by atoms with Crippen LogP contribution in [0.2, 0.25) is 0 Å². The van der Waals surface area contributed by atoms with Crippen LogP contribution in [0.3, 0.4) is 0 Å². The summed E-state index contributed by atoms with van der Waals surface area (Å²) < 4.78 is 5.85. The second-order valence-corrected chi connectivity index (χ2v) is 12.6. The highest BCUT2D eigenvalue weighted by atomic mass is 32.2. The van der Waals surface area contributed by atoms with Crippen LogP contribution in [0.15, 0.2) is 54.6 Å². The number of hydrogen-bond acceptors (Lipinski definition) is 7. The zero-order valence-electron chi connectivity index (χ0n) is 23.7. The predicted octanol–water partition coefficient (Wildman–Crippen LogP) is 4.94. The molecule has 7 nitrogen and oxygen atoms in total. The second-order valence-electron chi connectivity index (χ2n) is 11.1. The van der Waals surface area contributed by atoms with Crippen LogP contribution in [-0.4, -0.2) is 58.4 Å². The lowest BCUT2D eigenvalue weighted by Crippen LogP contribution is -2.54. The fourth-order valence-corrected chi connectivity index (χ4v) is 6.13. The maximum Gasteiger partial charge on any atom is 0.243 e. The monoisotopic (exact) mass is 587 g/mol. The van der Waals surface area contributed by atoms with E-state index in [0.717, 1.165) is 22.8 Å². The number of rotatable bonds is 16. The molecular formula is C31H45N3O4S2. The van der Waals surface area contributed by atoms with Gasteiger partial charge in [-0.1, -0.05) is 49.6 Å². The van der Waals surface area contributed by atoms with E-state index in [-0.39, 0.29) is 11.8 Å². The van der Waals surface area contributed by atoms with Gasteiger partial charge in [0.25, 0.3) is 0 Å². The van der Waals surface area contributed by atoms with Gasteiger partial charge in [-0.2, -0.15) is 24.4 Å². The third-order valence-electron chi connectivity index (χ3n) is 6.99. The minimum absolute atomic E-state index is 0.205. The summed E-state index contributed by atoms with van der Waals surface area (Å²) in [5.74, 6) is 3.52. The molecule has 0 aliphatic heterocycles. The Hall–Kier alpha value is -2.20. The van der Waals surface area contributed by atoms with Crippen LogP contribution < -0.4 is 20.7 Å². The van der Waals surface area contributed by atoms with Gasteiger partial charge in [0.1, 0.15) is 17.5 Å². The molecule has 220 valence electrons. The number of para-hydroxylation sites is 1. The van der Waals surface area contributed by atoms with Gasteiger partial charge in [0, 0.05) is 18.1 Å². The number of thiol groups is 1. The number of carbonyl (C=O) groups is 2. The Bertz CT molecular complexity index is 1030. The van der Waals surface area contributed by atoms with Crippen molar-refractivity contribution in [2.24, 2.45) is 5.92 Å². The fourth-order valence-electron chi connectivity index (χ4n) is 4.57. The first-order valence-corrected chi connectivity index (χ1v) is 16.1. The van der Waals surface area contributed by atoms with Gasteiger partial charge in [-0.25, -0.2) is 0 Å². The molecule has 9 heteroatoms. The smallest absolute Gasteiger partial charge is 0.243 e. The lowest BCUT2D eigenvalue weighted by molar-refractivity contribution is -0.129. The van der Waals surface area contributed by atoms with Gasteiger partial charge in [0.05, 0.1) is 11.6 Å². The molecule has 2 aromatic carbocycles. The highest BCUT2D eigenvalue weighted by Crippen LogP contribution is 2.27. The Morgan fingerprint density at radius 3 is 2.33 bits per heavy atom. The zero-order chi connectivity index (χ0) is 28.8. The molecule has 2 atom stereocenters. The molecule has 0 spiro atoms. The average molecular weight is 588 g/mol. The van der Waals surface area contributed by atoms with E-state index in [0.29, 0.717) is 36.9 Å². The maximum atomic E-state index is 13.3. The zero-order valence-corrected chi connectivity index (χ0v) is 25.4. The minimum atomic E-state index is -0.825. The van der Waals surface area contributed by atoms with Crippen LogP contribution >= 0.6 is 24.4 Å². The predicted molar refractivity (Wildman–Crippen MR) is 167 cm³/mol. The van der Waals surface area contributed by atoms with E-state index in [9.17, 15) is 14.7 Å². The number of aliphatic hydroxyl groups is 1. The van der Waals surface area contributed by atoms with E-state index >= 15 is 0 Å². The molecule has 0 radical (unpaired) electrons. The van der Waals surface area contributed by atoms with E-state index in [1.54, 1.807) is 25.6 Å². The van der Waals surface area contributed by atoms with Gasteiger partial charge in [-0.15, -0.1) is 0 Å². The van der Waals surface area contributed by atoms with E-state index in [1.807, 2.05) is 54.6 Å². The van der Waals surface area contributed by atoms with Crippen LogP contribution in [0.5, 0.6) is 11.5 Å². The molecular weight excluding hydrogens is 542 g/mol. The molecule has 0 aromatic heterocycles. The van der Waals surface area contributed by atoms with E-state index in [1.165, 1.54) is 32.1 Å². The number of ether oxygens (including phenoxy) is 1. The first-order valence-electron chi connectivity index (χ1n) is 14.3. The van der Waals surface area contributed by atoms with Crippen LogP contribution in [-0.2, 0) is 16.1 Å². The van der Waals surface area contributed by atoms with Gasteiger partial charge >= 0.3 is 0 Å². The number of hydrogen-bond donors (Lipinski definition) is 5. The molecule has 0 unspecified atom stereocenters. The van der Waals surface area contributed by atoms with Crippen molar-refractivity contribution < 1.29 is 19.4 Å². The summed E-state index contributed by atoms with van der Waals surface area (Å²) in [6.07, 6.45) is 6.86. The Balaban J connectivity index is 1.55. The van der Waals surface area contributed by atoms with Crippen molar-refractivity contribution in [2.75, 3.05) is 23.8 Å². The van der Waals surface area contributed by atoms with Gasteiger partial charge in [0.2, 0.25) is 11.8 Å². The van der Waals surface area contributed by atoms with Crippen molar-refractivity contribution in [3.05, 3.63) is 60.2 Å². The van der Waals surface area contributed by atoms with E-state index < -0.39 is 17.7 Å². The van der Waals surface area contributed by atoms with Gasteiger partial charge in [0.15, 0.2) is 0 Å². The lowest BCUT2D eigenvalue weighted by Gasteiger charge is -2.25. The van der Waals surface area contributed by atoms with E-state index in [4.69, 9.17) is 4.74 Å². The molecule has 1 aliphatic rings. The third-order valence-corrected chi connectivity index (χ3v) is 8.63. The number of nitrogens with one attached hydrogen (secondary N) is 3. The first-order chi connectivity index (χ1) is 19.2. The molecule has 1 saturated carbocycles. The SMILES string of the molecule is CC(C)(O)CCN[C@@H](CS)C(=O)N[C@@H](CSCC1CCCCC1)C(=O)NCc1ccc(Oc2ccccc2)cc1. The fraction of sp³-hybridized carbons (Fsp3) is 0.548. The molecule has 0 saturated heterocycles. The van der Waals surface area contributed by atoms with Crippen molar-refractivity contribution >= 4 is 36.2 Å². The summed E-state index contributed by atoms with van der Waals surface area (Å²) in [5.41, 5.74) is 0.115. The maximum absolute atomic E-state index is 13.3. The Labute approximate surface area is 249 Å². The highest BCUT2D eigenvalue weighted by Gasteiger charge is 2.26. The number of benzene rings is 2. The number of amides is 2. The minimum Gasteiger partial charge on any atom is -0.457 e. The summed E-state index contributed by atoms with van der Waals surface area (Å²) in [6.45, 7) is 4.29. The van der Waals surface area contributed by atoms with Crippen LogP contribution in [0.4, 0.5) is 0 Å². The van der Waals surface area contributed by atoms with Gasteiger partial charge < -0.3 is 25.8 Å². The highest BCUT2D eigenvalue weighted by molar-refractivity contribution is 7.99. The third kappa shape index (κ3) is 12.1. The normalized spacial score (nSPS) is 15.7. The lowest BCUT2D eigenvalue weighted by atomic mass is 9.91. The number of thioether (sulfide) groups is 1. The largest absolute Gasteiger partial charge is 0.457 e. The molecule has 4 N–H and O–H groups in total. The summed E-state index contributed by atoms with van der Waals surface area (Å²) >= 11 is 6.08. The van der Waals surface area contributed by atoms with Crippen LogP contribution in [0.1, 0.15) is 57.9 Å². The molecule has 0 bridgehead atoms. The van der Waals surface area contributed by atoms with Crippen LogP contribution in [0.25, 0.3) is 0 Å². The Morgan fingerprint density at radius 1 is 1.00 bits per heavy atom. The molecule has 1 aliphatic carbocycles. The second kappa shape index (κ2) is 16.9. The van der Waals surface area contributed by atoms with Gasteiger partial charge in [-0.05, 0) is 81.2 Å². The van der Waals surface area contributed by atoms with Crippen molar-refractivity contribution in [1.29, 1.82) is 0 Å². The van der Waals surface area contributed by atoms with Crippen molar-refractivity contribution in [2.45, 2.75) is 76.6 Å². The molecule has 2 aromatic rings. The molecule has 3 rings (SSSR count). The summed E-state index contributed by atoms with van der Waals surface area (Å²) in [6, 6.07) is 16.0. The average Bonchev–Trinajstić information content (AvgIpc) is 2.95. The Kier molecular flexibility index (Phi) is 13.7. The summed E-state index contributed by atoms with van der Waals surface area (Å²) in [5, 5.41) is 19.1. The first kappa shape index (κ1) is 32.3. The standard InChI is InChI=1S/C31H45N3O4S2/c1-31(2,37)17-18-32-27(20-39)30(36)34-28(22-40-21-24-9-5-3-6-10-24)29(35)33-19-23-13-15-26(16-14-23)38-25-11-7-4-8-12-25/h4,7-8,11-16,24,27-28,32,37,39H,3,5-6,9-10,17-22H2,1-2H3,(H,33,35)(H,34,36)/t27-,28-/m0/s1. The van der Waals surface area contributed by atoms with Crippen LogP contribution in [0, 0.1) is 5.92 Å². The number of carbonyl (C=O) groups excluding carboxylic acids is 2.